The minimum Gasteiger partial charge on any atom is -0.364 e. The number of nitrogens with one attached hydrogen (secondary N) is 1. The highest BCUT2D eigenvalue weighted by Crippen LogP contribution is 2.32. The second-order valence-electron chi connectivity index (χ2n) is 6.01. The van der Waals surface area contributed by atoms with Crippen molar-refractivity contribution in [2.75, 3.05) is 11.1 Å². The smallest absolute Gasteiger partial charge is 0.152 e. The van der Waals surface area contributed by atoms with Gasteiger partial charge in [-0.15, -0.1) is 0 Å². The summed E-state index contributed by atoms with van der Waals surface area (Å²) in [4.78, 5) is 4.56. The van der Waals surface area contributed by atoms with Crippen LogP contribution in [0.3, 0.4) is 0 Å². The van der Waals surface area contributed by atoms with Crippen LogP contribution in [0.2, 0.25) is 0 Å². The fraction of sp³-hybridized carbons (Fsp3) is 0.625. The Labute approximate surface area is 130 Å². The molecule has 0 spiro atoms. The largest absolute Gasteiger partial charge is 0.364 e. The molecule has 0 saturated heterocycles. The van der Waals surface area contributed by atoms with E-state index in [9.17, 15) is 0 Å². The lowest BCUT2D eigenvalue weighted by Gasteiger charge is -2.20. The third-order valence-corrected chi connectivity index (χ3v) is 5.48. The first-order chi connectivity index (χ1) is 10.2. The number of rotatable bonds is 5. The first-order valence-electron chi connectivity index (χ1n) is 7.91. The second-order valence-corrected chi connectivity index (χ2v) is 7.52. The predicted octanol–water partition coefficient (Wildman–Crippen LogP) is 3.94. The van der Waals surface area contributed by atoms with E-state index < -0.39 is 0 Å². The molecule has 0 aromatic carbocycles. The van der Waals surface area contributed by atoms with Gasteiger partial charge < -0.3 is 5.32 Å². The number of hydrogen-bond donors (Lipinski definition) is 1. The van der Waals surface area contributed by atoms with E-state index in [1.165, 1.54) is 25.0 Å². The Morgan fingerprint density at radius 2 is 2.29 bits per heavy atom. The predicted molar refractivity (Wildman–Crippen MR) is 90.3 cm³/mol. The number of hydrogen-bond acceptors (Lipinski definition) is 4. The Kier molecular flexibility index (Phi) is 4.38. The van der Waals surface area contributed by atoms with Crippen molar-refractivity contribution in [2.45, 2.75) is 57.2 Å². The minimum atomic E-state index is 0.438. The van der Waals surface area contributed by atoms with Gasteiger partial charge in [-0.1, -0.05) is 27.2 Å². The zero-order valence-electron chi connectivity index (χ0n) is 13.0. The van der Waals surface area contributed by atoms with Crippen molar-refractivity contribution in [3.05, 3.63) is 24.2 Å². The molecule has 21 heavy (non-hydrogen) atoms. The van der Waals surface area contributed by atoms with Gasteiger partial charge in [-0.2, -0.15) is 16.9 Å². The molecule has 1 aliphatic rings. The molecule has 0 radical (unpaired) electrons. The van der Waals surface area contributed by atoms with Crippen molar-refractivity contribution in [1.29, 1.82) is 0 Å². The Balaban J connectivity index is 1.86. The van der Waals surface area contributed by atoms with Crippen molar-refractivity contribution < 1.29 is 0 Å². The van der Waals surface area contributed by atoms with E-state index in [-0.39, 0.29) is 0 Å². The third kappa shape index (κ3) is 3.03. The molecular weight excluding hydrogens is 280 g/mol. The lowest BCUT2D eigenvalue weighted by molar-refractivity contribution is 0.759. The topological polar surface area (TPSA) is 42.2 Å². The molecule has 2 aromatic rings. The maximum atomic E-state index is 4.63. The van der Waals surface area contributed by atoms with Crippen LogP contribution in [-0.2, 0) is 0 Å². The molecule has 2 unspecified atom stereocenters. The molecule has 3 rings (SSSR count). The highest BCUT2D eigenvalue weighted by Gasteiger charge is 2.27. The number of anilines is 1. The maximum Gasteiger partial charge on any atom is 0.152 e. The first kappa shape index (κ1) is 14.7. The average molecular weight is 304 g/mol. The molecular formula is C16H24N4S. The van der Waals surface area contributed by atoms with Gasteiger partial charge in [-0.05, 0) is 30.6 Å². The van der Waals surface area contributed by atoms with Crippen LogP contribution < -0.4 is 5.32 Å². The molecule has 1 N–H and O–H groups in total. The molecule has 2 aromatic heterocycles. The van der Waals surface area contributed by atoms with Gasteiger partial charge >= 0.3 is 0 Å². The third-order valence-electron chi connectivity index (χ3n) is 4.16. The van der Waals surface area contributed by atoms with E-state index in [0.29, 0.717) is 17.2 Å². The van der Waals surface area contributed by atoms with Crippen molar-refractivity contribution in [1.82, 2.24) is 14.6 Å². The summed E-state index contributed by atoms with van der Waals surface area (Å²) in [5, 5.41) is 9.03. The summed E-state index contributed by atoms with van der Waals surface area (Å²) in [6, 6.07) is 2.70. The first-order valence-corrected chi connectivity index (χ1v) is 8.96. The van der Waals surface area contributed by atoms with Crippen LogP contribution in [0.4, 0.5) is 5.82 Å². The van der Waals surface area contributed by atoms with Gasteiger partial charge in [0.15, 0.2) is 5.82 Å². The number of thioether (sulfide) groups is 1. The van der Waals surface area contributed by atoms with Crippen LogP contribution in [0.5, 0.6) is 0 Å². The molecule has 0 aliphatic heterocycles. The van der Waals surface area contributed by atoms with Crippen molar-refractivity contribution in [3.8, 4) is 0 Å². The van der Waals surface area contributed by atoms with E-state index in [0.717, 1.165) is 17.0 Å². The van der Waals surface area contributed by atoms with Gasteiger partial charge in [0.2, 0.25) is 0 Å². The average Bonchev–Trinajstić information content (AvgIpc) is 3.07. The Morgan fingerprint density at radius 1 is 1.43 bits per heavy atom. The fourth-order valence-corrected chi connectivity index (χ4v) is 4.21. The van der Waals surface area contributed by atoms with Gasteiger partial charge in [0, 0.05) is 23.7 Å². The molecule has 114 valence electrons. The van der Waals surface area contributed by atoms with Crippen LogP contribution in [0.1, 0.15) is 51.6 Å². The second kappa shape index (κ2) is 6.26. The molecule has 1 fully saturated rings. The van der Waals surface area contributed by atoms with E-state index in [1.54, 1.807) is 0 Å². The van der Waals surface area contributed by atoms with Gasteiger partial charge in [-0.3, -0.25) is 0 Å². The summed E-state index contributed by atoms with van der Waals surface area (Å²) in [7, 11) is 0. The van der Waals surface area contributed by atoms with Crippen LogP contribution in [0.15, 0.2) is 18.5 Å². The standard InChI is InChI=1S/C16H24N4S/c1-4-21-15-7-5-6-12(15)18-16-14-10-13(11(2)3)19-20(14)9-8-17-16/h8-12,15H,4-7H2,1-3H3,(H,17,18). The summed E-state index contributed by atoms with van der Waals surface area (Å²) in [5.74, 6) is 2.60. The van der Waals surface area contributed by atoms with Crippen LogP contribution in [0.25, 0.3) is 5.52 Å². The van der Waals surface area contributed by atoms with Gasteiger partial charge in [0.05, 0.1) is 5.69 Å². The van der Waals surface area contributed by atoms with Crippen molar-refractivity contribution >= 4 is 23.1 Å². The number of fused-ring (bicyclic) bond motifs is 1. The van der Waals surface area contributed by atoms with Gasteiger partial charge in [0.25, 0.3) is 0 Å². The van der Waals surface area contributed by atoms with E-state index in [4.69, 9.17) is 0 Å². The fourth-order valence-electron chi connectivity index (χ4n) is 3.01. The Bertz CT molecular complexity index is 607. The highest BCUT2D eigenvalue weighted by atomic mass is 32.2. The quantitative estimate of drug-likeness (QED) is 0.908. The normalized spacial score (nSPS) is 22.3. The summed E-state index contributed by atoms with van der Waals surface area (Å²) in [6.45, 7) is 6.59. The molecule has 5 heteroatoms. The van der Waals surface area contributed by atoms with Gasteiger partial charge in [0.1, 0.15) is 5.52 Å². The van der Waals surface area contributed by atoms with E-state index in [1.807, 2.05) is 16.9 Å². The van der Waals surface area contributed by atoms with E-state index >= 15 is 0 Å². The molecule has 4 nitrogen and oxygen atoms in total. The molecule has 2 heterocycles. The zero-order valence-corrected chi connectivity index (χ0v) is 13.9. The van der Waals surface area contributed by atoms with Crippen molar-refractivity contribution in [3.63, 3.8) is 0 Å². The number of aromatic nitrogens is 3. The Morgan fingerprint density at radius 3 is 3.05 bits per heavy atom. The maximum absolute atomic E-state index is 4.63. The van der Waals surface area contributed by atoms with Crippen molar-refractivity contribution in [2.24, 2.45) is 0 Å². The number of nitrogens with zero attached hydrogens (tertiary/aromatic N) is 3. The summed E-state index contributed by atoms with van der Waals surface area (Å²) in [6.07, 6.45) is 7.64. The lowest BCUT2D eigenvalue weighted by Crippen LogP contribution is -2.26. The summed E-state index contributed by atoms with van der Waals surface area (Å²) in [5.41, 5.74) is 2.21. The molecule has 1 saturated carbocycles. The summed E-state index contributed by atoms with van der Waals surface area (Å²) < 4.78 is 1.95. The Hall–Kier alpha value is -1.23. The van der Waals surface area contributed by atoms with Crippen LogP contribution >= 0.6 is 11.8 Å². The van der Waals surface area contributed by atoms with Crippen LogP contribution in [-0.4, -0.2) is 31.6 Å². The van der Waals surface area contributed by atoms with Crippen LogP contribution in [0, 0.1) is 0 Å². The lowest BCUT2D eigenvalue weighted by atomic mass is 10.1. The monoisotopic (exact) mass is 304 g/mol. The molecule has 1 aliphatic carbocycles. The molecule has 0 bridgehead atoms. The SMILES string of the molecule is CCSC1CCCC1Nc1nccn2nc(C(C)C)cc12. The van der Waals surface area contributed by atoms with E-state index in [2.05, 4.69) is 54.0 Å². The van der Waals surface area contributed by atoms with Gasteiger partial charge in [-0.25, -0.2) is 9.50 Å². The molecule has 2 atom stereocenters. The zero-order chi connectivity index (χ0) is 14.8. The molecule has 0 amide bonds. The summed E-state index contributed by atoms with van der Waals surface area (Å²) >= 11 is 2.07. The highest BCUT2D eigenvalue weighted by molar-refractivity contribution is 7.99. The minimum absolute atomic E-state index is 0.438.